The van der Waals surface area contributed by atoms with E-state index in [2.05, 4.69) is 15.3 Å². The Morgan fingerprint density at radius 2 is 1.87 bits per heavy atom. The molecule has 0 radical (unpaired) electrons. The minimum absolute atomic E-state index is 0.130. The van der Waals surface area contributed by atoms with Crippen molar-refractivity contribution in [2.75, 3.05) is 12.4 Å². The number of phenols is 2. The van der Waals surface area contributed by atoms with Crippen LogP contribution in [-0.2, 0) is 0 Å². The topological polar surface area (TPSA) is 78.3 Å². The molecule has 0 aliphatic carbocycles. The molecule has 0 aliphatic heterocycles. The number of aromatic nitrogens is 2. The highest BCUT2D eigenvalue weighted by Gasteiger charge is 2.06. The van der Waals surface area contributed by atoms with Crippen LogP contribution >= 0.6 is 11.3 Å². The van der Waals surface area contributed by atoms with E-state index in [-0.39, 0.29) is 11.5 Å². The number of allylic oxidation sites excluding steroid dienone is 2. The Bertz CT molecular complexity index is 844. The van der Waals surface area contributed by atoms with Crippen LogP contribution in [0.3, 0.4) is 0 Å². The van der Waals surface area contributed by atoms with E-state index in [1.165, 1.54) is 23.5 Å². The molecule has 1 aromatic carbocycles. The molecule has 116 valence electrons. The number of fused-ring (bicyclic) bond motifs is 1. The van der Waals surface area contributed by atoms with Gasteiger partial charge in [-0.05, 0) is 23.8 Å². The van der Waals surface area contributed by atoms with Crippen molar-refractivity contribution >= 4 is 39.5 Å². The summed E-state index contributed by atoms with van der Waals surface area (Å²) in [5.74, 6) is 0.545. The van der Waals surface area contributed by atoms with Gasteiger partial charge in [0.25, 0.3) is 0 Å². The number of phenolic OH excluding ortho intramolecular Hbond substituents is 2. The number of pyridine rings is 1. The minimum Gasteiger partial charge on any atom is -0.504 e. The fourth-order valence-corrected chi connectivity index (χ4v) is 2.89. The molecular weight excluding hydrogens is 310 g/mol. The zero-order valence-electron chi connectivity index (χ0n) is 12.4. The highest BCUT2D eigenvalue weighted by atomic mass is 32.1. The number of nitrogens with zero attached hydrogens (tertiary/aromatic N) is 2. The zero-order chi connectivity index (χ0) is 16.2. The van der Waals surface area contributed by atoms with Gasteiger partial charge in [0.05, 0.1) is 10.2 Å². The van der Waals surface area contributed by atoms with Crippen LogP contribution in [0.15, 0.2) is 42.6 Å². The highest BCUT2D eigenvalue weighted by Crippen LogP contribution is 2.33. The molecule has 3 N–H and O–H groups in total. The Morgan fingerprint density at radius 1 is 1.09 bits per heavy atom. The molecule has 0 aliphatic rings. The number of anilines is 1. The van der Waals surface area contributed by atoms with Crippen LogP contribution in [0.25, 0.3) is 22.4 Å². The molecule has 23 heavy (non-hydrogen) atoms. The molecule has 0 atom stereocenters. The maximum absolute atomic E-state index is 9.49. The van der Waals surface area contributed by atoms with Crippen LogP contribution in [-0.4, -0.2) is 27.2 Å². The number of benzene rings is 1. The van der Waals surface area contributed by atoms with E-state index in [1.807, 2.05) is 43.5 Å². The van der Waals surface area contributed by atoms with E-state index >= 15 is 0 Å². The van der Waals surface area contributed by atoms with E-state index < -0.39 is 0 Å². The number of thiazole rings is 1. The number of nitrogens with one attached hydrogen (secondary N) is 1. The number of hydrogen-bond donors (Lipinski definition) is 3. The van der Waals surface area contributed by atoms with Gasteiger partial charge in [0.1, 0.15) is 10.8 Å². The van der Waals surface area contributed by atoms with Gasteiger partial charge in [0, 0.05) is 25.4 Å². The Morgan fingerprint density at radius 3 is 2.61 bits per heavy atom. The van der Waals surface area contributed by atoms with Gasteiger partial charge in [-0.1, -0.05) is 18.2 Å². The van der Waals surface area contributed by atoms with Crippen LogP contribution < -0.4 is 5.32 Å². The Labute approximate surface area is 137 Å². The van der Waals surface area contributed by atoms with E-state index in [1.54, 1.807) is 6.20 Å². The Balaban J connectivity index is 1.73. The lowest BCUT2D eigenvalue weighted by Crippen LogP contribution is -1.90. The first-order valence-electron chi connectivity index (χ1n) is 6.97. The predicted octanol–water partition coefficient (Wildman–Crippen LogP) is 3.87. The molecule has 0 fully saturated rings. The van der Waals surface area contributed by atoms with E-state index in [4.69, 9.17) is 0 Å². The first-order chi connectivity index (χ1) is 11.2. The van der Waals surface area contributed by atoms with Gasteiger partial charge in [-0.15, -0.1) is 11.3 Å². The molecule has 2 heterocycles. The van der Waals surface area contributed by atoms with Crippen molar-refractivity contribution in [3.05, 3.63) is 53.2 Å². The molecule has 0 amide bonds. The van der Waals surface area contributed by atoms with Gasteiger partial charge in [0.15, 0.2) is 11.5 Å². The lowest BCUT2D eigenvalue weighted by atomic mass is 10.2. The van der Waals surface area contributed by atoms with Gasteiger partial charge in [-0.3, -0.25) is 0 Å². The molecular formula is C17H15N3O2S. The fourth-order valence-electron chi connectivity index (χ4n) is 2.00. The second-order valence-corrected chi connectivity index (χ2v) is 5.87. The summed E-state index contributed by atoms with van der Waals surface area (Å²) >= 11 is 1.45. The van der Waals surface area contributed by atoms with Crippen LogP contribution in [0, 0.1) is 0 Å². The first kappa shape index (κ1) is 15.1. The van der Waals surface area contributed by atoms with Gasteiger partial charge < -0.3 is 15.5 Å². The fraction of sp³-hybridized carbons (Fsp3) is 0.0588. The first-order valence-corrected chi connectivity index (χ1v) is 7.78. The van der Waals surface area contributed by atoms with Crippen molar-refractivity contribution in [2.45, 2.75) is 0 Å². The smallest absolute Gasteiger partial charge is 0.159 e. The van der Waals surface area contributed by atoms with Gasteiger partial charge >= 0.3 is 0 Å². The highest BCUT2D eigenvalue weighted by molar-refractivity contribution is 7.19. The summed E-state index contributed by atoms with van der Waals surface area (Å²) in [5, 5.41) is 22.7. The van der Waals surface area contributed by atoms with E-state index in [0.29, 0.717) is 5.52 Å². The van der Waals surface area contributed by atoms with Crippen molar-refractivity contribution in [2.24, 2.45) is 0 Å². The van der Waals surface area contributed by atoms with Crippen LogP contribution in [0.2, 0.25) is 0 Å². The lowest BCUT2D eigenvalue weighted by Gasteiger charge is -1.97. The summed E-state index contributed by atoms with van der Waals surface area (Å²) in [4.78, 5) is 8.62. The quantitative estimate of drug-likeness (QED) is 0.501. The van der Waals surface area contributed by atoms with Crippen molar-refractivity contribution in [1.82, 2.24) is 9.97 Å². The van der Waals surface area contributed by atoms with Gasteiger partial charge in [0.2, 0.25) is 0 Å². The normalized spacial score (nSPS) is 11.7. The molecule has 0 spiro atoms. The summed E-state index contributed by atoms with van der Waals surface area (Å²) in [6, 6.07) is 6.87. The lowest BCUT2D eigenvalue weighted by molar-refractivity contribution is 0.405. The van der Waals surface area contributed by atoms with Gasteiger partial charge in [-0.2, -0.15) is 0 Å². The SMILES string of the molecule is CNc1ccc(C=CC=Cc2nc3cc(O)c(O)cc3s2)cn1. The molecule has 0 saturated carbocycles. The second-order valence-electron chi connectivity index (χ2n) is 4.81. The van der Waals surface area contributed by atoms with Gasteiger partial charge in [-0.25, -0.2) is 9.97 Å². The molecule has 2 aromatic heterocycles. The third kappa shape index (κ3) is 3.49. The van der Waals surface area contributed by atoms with Crippen molar-refractivity contribution < 1.29 is 10.2 Å². The standard InChI is InChI=1S/C17H15N3O2S/c1-18-16-7-6-11(10-19-16)4-2-3-5-17-20-12-8-13(21)14(22)9-15(12)23-17/h2-10,21-22H,1H3,(H,18,19). The molecule has 0 bridgehead atoms. The van der Waals surface area contributed by atoms with Crippen molar-refractivity contribution in [1.29, 1.82) is 0 Å². The van der Waals surface area contributed by atoms with E-state index in [0.717, 1.165) is 21.1 Å². The van der Waals surface area contributed by atoms with Crippen LogP contribution in [0.1, 0.15) is 10.6 Å². The van der Waals surface area contributed by atoms with Crippen LogP contribution in [0.5, 0.6) is 11.5 Å². The third-order valence-corrected chi connectivity index (χ3v) is 4.17. The summed E-state index contributed by atoms with van der Waals surface area (Å²) in [5.41, 5.74) is 1.67. The Kier molecular flexibility index (Phi) is 4.25. The minimum atomic E-state index is -0.157. The average Bonchev–Trinajstić information content (AvgIpc) is 2.94. The van der Waals surface area contributed by atoms with E-state index in [9.17, 15) is 10.2 Å². The number of hydrogen-bond acceptors (Lipinski definition) is 6. The third-order valence-electron chi connectivity index (χ3n) is 3.18. The maximum Gasteiger partial charge on any atom is 0.159 e. The maximum atomic E-state index is 9.49. The van der Waals surface area contributed by atoms with Crippen molar-refractivity contribution in [3.63, 3.8) is 0 Å². The molecule has 3 aromatic rings. The molecule has 0 unspecified atom stereocenters. The zero-order valence-corrected chi connectivity index (χ0v) is 13.2. The number of rotatable bonds is 4. The Hall–Kier alpha value is -2.86. The monoisotopic (exact) mass is 325 g/mol. The molecule has 5 nitrogen and oxygen atoms in total. The molecule has 6 heteroatoms. The average molecular weight is 325 g/mol. The summed E-state index contributed by atoms with van der Waals surface area (Å²) < 4.78 is 0.829. The summed E-state index contributed by atoms with van der Waals surface area (Å²) in [6.07, 6.45) is 9.43. The predicted molar refractivity (Wildman–Crippen MR) is 94.8 cm³/mol. The van der Waals surface area contributed by atoms with Crippen molar-refractivity contribution in [3.8, 4) is 11.5 Å². The summed E-state index contributed by atoms with van der Waals surface area (Å²) in [7, 11) is 1.83. The molecule has 0 saturated heterocycles. The number of aromatic hydroxyl groups is 2. The largest absolute Gasteiger partial charge is 0.504 e. The second kappa shape index (κ2) is 6.50. The van der Waals surface area contributed by atoms with Crippen LogP contribution in [0.4, 0.5) is 5.82 Å². The summed E-state index contributed by atoms with van der Waals surface area (Å²) in [6.45, 7) is 0. The molecule has 3 rings (SSSR count).